The molecule has 8 heteroatoms. The molecule has 0 aromatic rings. The Labute approximate surface area is 95.4 Å². The van der Waals surface area contributed by atoms with Crippen LogP contribution in [-0.2, 0) is 19.1 Å². The molecule has 0 aromatic heterocycles. The first-order chi connectivity index (χ1) is 7.43. The predicted octanol–water partition coefficient (Wildman–Crippen LogP) is -1.73. The number of hydrogen-bond acceptors (Lipinski definition) is 7. The third-order valence-corrected chi connectivity index (χ3v) is 3.00. The van der Waals surface area contributed by atoms with Gasteiger partial charge in [0.1, 0.15) is 6.04 Å². The molecule has 0 saturated heterocycles. The van der Waals surface area contributed by atoms with Gasteiger partial charge in [0, 0.05) is 6.54 Å². The molecule has 1 atom stereocenters. The highest BCUT2D eigenvalue weighted by atomic mass is 32.2. The van der Waals surface area contributed by atoms with Crippen LogP contribution in [-0.4, -0.2) is 39.3 Å². The van der Waals surface area contributed by atoms with E-state index < -0.39 is 27.9 Å². The van der Waals surface area contributed by atoms with Gasteiger partial charge in [-0.1, -0.05) is 6.42 Å². The van der Waals surface area contributed by atoms with E-state index >= 15 is 0 Å². The zero-order valence-corrected chi connectivity index (χ0v) is 9.91. The number of carbonyl (C=O) groups is 1. The van der Waals surface area contributed by atoms with Gasteiger partial charge in [-0.3, -0.25) is 0 Å². The lowest BCUT2D eigenvalue weighted by atomic mass is 10.1. The van der Waals surface area contributed by atoms with Crippen molar-refractivity contribution < 1.29 is 17.4 Å². The van der Waals surface area contributed by atoms with Crippen LogP contribution in [0.2, 0.25) is 0 Å². The highest BCUT2D eigenvalue weighted by Gasteiger charge is 2.21. The largest absolute Gasteiger partial charge is 0.344 e. The van der Waals surface area contributed by atoms with E-state index in [0.717, 1.165) is 6.42 Å². The lowest BCUT2D eigenvalue weighted by molar-refractivity contribution is -0.135. The standard InChI is InChI=1S/C8H19N3O4S/c9-4-2-1-3-7(11)8(12)15-16(13,14)6-5-10/h7H,1-6,9-11H2/t7-/m0/s1. The van der Waals surface area contributed by atoms with Crippen molar-refractivity contribution in [3.8, 4) is 0 Å². The number of carbonyl (C=O) groups excluding carboxylic acids is 1. The maximum atomic E-state index is 11.2. The molecule has 0 bridgehead atoms. The Hall–Kier alpha value is -0.700. The van der Waals surface area contributed by atoms with Crippen molar-refractivity contribution in [2.24, 2.45) is 17.2 Å². The van der Waals surface area contributed by atoms with Crippen molar-refractivity contribution in [1.82, 2.24) is 0 Å². The fourth-order valence-electron chi connectivity index (χ4n) is 0.999. The fourth-order valence-corrected chi connectivity index (χ4v) is 1.75. The van der Waals surface area contributed by atoms with Crippen LogP contribution in [0.3, 0.4) is 0 Å². The second-order valence-corrected chi connectivity index (χ2v) is 5.03. The predicted molar refractivity (Wildman–Crippen MR) is 59.8 cm³/mol. The topological polar surface area (TPSA) is 138 Å². The maximum absolute atomic E-state index is 11.2. The Morgan fingerprint density at radius 2 is 1.81 bits per heavy atom. The molecule has 0 aromatic carbocycles. The van der Waals surface area contributed by atoms with Crippen LogP contribution in [0.5, 0.6) is 0 Å². The SMILES string of the molecule is NCCCC[C@H](N)C(=O)OS(=O)(=O)CCN. The van der Waals surface area contributed by atoms with Gasteiger partial charge in [-0.25, -0.2) is 4.79 Å². The summed E-state index contributed by atoms with van der Waals surface area (Å²) in [4.78, 5) is 11.2. The van der Waals surface area contributed by atoms with Crippen LogP contribution in [0.4, 0.5) is 0 Å². The van der Waals surface area contributed by atoms with Gasteiger partial charge in [0.05, 0.1) is 5.75 Å². The summed E-state index contributed by atoms with van der Waals surface area (Å²) in [5, 5.41) is 0. The van der Waals surface area contributed by atoms with Gasteiger partial charge in [-0.05, 0) is 19.4 Å². The van der Waals surface area contributed by atoms with Crippen LogP contribution in [0.1, 0.15) is 19.3 Å². The zero-order valence-electron chi connectivity index (χ0n) is 9.09. The van der Waals surface area contributed by atoms with Crippen molar-refractivity contribution in [2.75, 3.05) is 18.8 Å². The lowest BCUT2D eigenvalue weighted by Crippen LogP contribution is -2.35. The van der Waals surface area contributed by atoms with Crippen LogP contribution >= 0.6 is 0 Å². The van der Waals surface area contributed by atoms with Crippen LogP contribution < -0.4 is 17.2 Å². The summed E-state index contributed by atoms with van der Waals surface area (Å²) in [6.07, 6.45) is 1.74. The average Bonchev–Trinajstić information content (AvgIpc) is 2.16. The van der Waals surface area contributed by atoms with Crippen molar-refractivity contribution in [3.05, 3.63) is 0 Å². The molecule has 6 N–H and O–H groups in total. The second-order valence-electron chi connectivity index (χ2n) is 3.34. The van der Waals surface area contributed by atoms with Crippen molar-refractivity contribution in [1.29, 1.82) is 0 Å². The molecule has 0 radical (unpaired) electrons. The lowest BCUT2D eigenvalue weighted by Gasteiger charge is -2.10. The molecule has 16 heavy (non-hydrogen) atoms. The van der Waals surface area contributed by atoms with Gasteiger partial charge in [-0.2, -0.15) is 8.42 Å². The molecule has 0 heterocycles. The third-order valence-electron chi connectivity index (χ3n) is 1.85. The Morgan fingerprint density at radius 1 is 1.19 bits per heavy atom. The highest BCUT2D eigenvalue weighted by Crippen LogP contribution is 2.02. The average molecular weight is 253 g/mol. The highest BCUT2D eigenvalue weighted by molar-refractivity contribution is 7.87. The monoisotopic (exact) mass is 253 g/mol. The van der Waals surface area contributed by atoms with Gasteiger partial charge in [-0.15, -0.1) is 0 Å². The Balaban J connectivity index is 4.05. The number of nitrogens with two attached hydrogens (primary N) is 3. The van der Waals surface area contributed by atoms with Crippen molar-refractivity contribution in [2.45, 2.75) is 25.3 Å². The maximum Gasteiger partial charge on any atom is 0.338 e. The normalized spacial score (nSPS) is 13.4. The number of unbranched alkanes of at least 4 members (excludes halogenated alkanes) is 1. The van der Waals surface area contributed by atoms with E-state index in [4.69, 9.17) is 17.2 Å². The molecule has 96 valence electrons. The van der Waals surface area contributed by atoms with Crippen molar-refractivity contribution in [3.63, 3.8) is 0 Å². The Bertz CT molecular complexity index is 304. The van der Waals surface area contributed by atoms with E-state index in [2.05, 4.69) is 4.18 Å². The van der Waals surface area contributed by atoms with E-state index in [-0.39, 0.29) is 6.54 Å². The first kappa shape index (κ1) is 15.3. The van der Waals surface area contributed by atoms with E-state index in [1.165, 1.54) is 0 Å². The summed E-state index contributed by atoms with van der Waals surface area (Å²) in [5.41, 5.74) is 15.8. The molecular weight excluding hydrogens is 234 g/mol. The van der Waals surface area contributed by atoms with Crippen LogP contribution in [0.15, 0.2) is 0 Å². The van der Waals surface area contributed by atoms with E-state index in [1.54, 1.807) is 0 Å². The molecule has 0 aliphatic carbocycles. The molecule has 0 fully saturated rings. The van der Waals surface area contributed by atoms with Crippen molar-refractivity contribution >= 4 is 16.1 Å². The van der Waals surface area contributed by atoms with Crippen LogP contribution in [0, 0.1) is 0 Å². The van der Waals surface area contributed by atoms with E-state index in [1.807, 2.05) is 0 Å². The van der Waals surface area contributed by atoms with Gasteiger partial charge < -0.3 is 21.4 Å². The first-order valence-electron chi connectivity index (χ1n) is 5.04. The minimum atomic E-state index is -3.89. The van der Waals surface area contributed by atoms with E-state index in [0.29, 0.717) is 19.4 Å². The summed E-state index contributed by atoms with van der Waals surface area (Å²) in [5.74, 6) is -1.33. The summed E-state index contributed by atoms with van der Waals surface area (Å²) >= 11 is 0. The molecule has 0 saturated carbocycles. The Morgan fingerprint density at radius 3 is 2.31 bits per heavy atom. The molecule has 0 rings (SSSR count). The molecule has 0 aliphatic heterocycles. The minimum absolute atomic E-state index is 0.0992. The molecule has 7 nitrogen and oxygen atoms in total. The molecule has 0 unspecified atom stereocenters. The molecular formula is C8H19N3O4S. The van der Waals surface area contributed by atoms with Gasteiger partial charge in [0.2, 0.25) is 0 Å². The van der Waals surface area contributed by atoms with E-state index in [9.17, 15) is 13.2 Å². The van der Waals surface area contributed by atoms with Crippen LogP contribution in [0.25, 0.3) is 0 Å². The fraction of sp³-hybridized carbons (Fsp3) is 0.875. The summed E-state index contributed by atoms with van der Waals surface area (Å²) < 4.78 is 26.4. The first-order valence-corrected chi connectivity index (χ1v) is 6.62. The summed E-state index contributed by atoms with van der Waals surface area (Å²) in [7, 11) is -3.89. The summed E-state index contributed by atoms with van der Waals surface area (Å²) in [6, 6.07) is -0.931. The summed E-state index contributed by atoms with van der Waals surface area (Å²) in [6.45, 7) is 0.408. The zero-order chi connectivity index (χ0) is 12.6. The second kappa shape index (κ2) is 7.55. The van der Waals surface area contributed by atoms with Gasteiger partial charge in [0.15, 0.2) is 0 Å². The van der Waals surface area contributed by atoms with Gasteiger partial charge >= 0.3 is 16.1 Å². The Kier molecular flexibility index (Phi) is 7.22. The quantitative estimate of drug-likeness (QED) is 0.345. The molecule has 0 aliphatic rings. The smallest absolute Gasteiger partial charge is 0.338 e. The third kappa shape index (κ3) is 6.72. The number of rotatable bonds is 8. The number of hydrogen-bond donors (Lipinski definition) is 3. The minimum Gasteiger partial charge on any atom is -0.344 e. The molecule has 0 spiro atoms. The molecule has 0 amide bonds. The van der Waals surface area contributed by atoms with Gasteiger partial charge in [0.25, 0.3) is 0 Å².